The minimum Gasteiger partial charge on any atom is -0.481 e. The number of rotatable bonds is 5. The number of carbonyl (C=O) groups is 2. The highest BCUT2D eigenvalue weighted by molar-refractivity contribution is 5.80. The molecule has 2 heterocycles. The maximum Gasteiger partial charge on any atom is 0.310 e. The molecule has 1 aliphatic heterocycles. The summed E-state index contributed by atoms with van der Waals surface area (Å²) in [7, 11) is 0. The summed E-state index contributed by atoms with van der Waals surface area (Å²) >= 11 is 0. The van der Waals surface area contributed by atoms with Crippen molar-refractivity contribution in [3.05, 3.63) is 41.7 Å². The predicted octanol–water partition coefficient (Wildman–Crippen LogP) is 4.08. The number of carboxylic acid groups (broad SMARTS) is 1. The molecule has 154 valence electrons. The van der Waals surface area contributed by atoms with Gasteiger partial charge in [-0.3, -0.25) is 9.59 Å². The Balaban J connectivity index is 1.44. The van der Waals surface area contributed by atoms with Crippen LogP contribution in [-0.2, 0) is 16.0 Å². The van der Waals surface area contributed by atoms with Crippen molar-refractivity contribution in [2.75, 3.05) is 13.1 Å². The standard InChI is InChI=1S/C23H28N2O4/c1-16-6-8-17(9-7-16)20-14-19(29-24-20)15-23(22(27)28)10-12-25(13-11-23)21(26)18-4-2-3-5-18/h6-9,14,18H,2-5,10-13,15H2,1H3,(H,27,28). The van der Waals surface area contributed by atoms with Crippen molar-refractivity contribution >= 4 is 11.9 Å². The van der Waals surface area contributed by atoms with Gasteiger partial charge in [-0.05, 0) is 32.6 Å². The van der Waals surface area contributed by atoms with E-state index in [0.29, 0.717) is 38.1 Å². The maximum absolute atomic E-state index is 12.7. The molecule has 1 amide bonds. The zero-order valence-corrected chi connectivity index (χ0v) is 16.9. The average molecular weight is 396 g/mol. The van der Waals surface area contributed by atoms with Gasteiger partial charge in [-0.25, -0.2) is 0 Å². The minimum absolute atomic E-state index is 0.138. The Morgan fingerprint density at radius 3 is 2.45 bits per heavy atom. The van der Waals surface area contributed by atoms with Crippen LogP contribution in [0.1, 0.15) is 49.8 Å². The highest BCUT2D eigenvalue weighted by atomic mass is 16.5. The fourth-order valence-electron chi connectivity index (χ4n) is 4.64. The van der Waals surface area contributed by atoms with Gasteiger partial charge in [0.15, 0.2) is 0 Å². The highest BCUT2D eigenvalue weighted by Gasteiger charge is 2.44. The first-order valence-electron chi connectivity index (χ1n) is 10.5. The van der Waals surface area contributed by atoms with E-state index in [1.807, 2.05) is 42.2 Å². The van der Waals surface area contributed by atoms with Crippen molar-refractivity contribution in [2.24, 2.45) is 11.3 Å². The molecule has 1 aromatic heterocycles. The second kappa shape index (κ2) is 8.01. The minimum atomic E-state index is -0.906. The number of likely N-dealkylation sites (tertiary alicyclic amines) is 1. The number of piperidine rings is 1. The number of aromatic nitrogens is 1. The van der Waals surface area contributed by atoms with Gasteiger partial charge in [0.2, 0.25) is 5.91 Å². The summed E-state index contributed by atoms with van der Waals surface area (Å²) in [6.07, 6.45) is 5.38. The number of amides is 1. The van der Waals surface area contributed by atoms with Gasteiger partial charge >= 0.3 is 5.97 Å². The largest absolute Gasteiger partial charge is 0.481 e. The van der Waals surface area contributed by atoms with Gasteiger partial charge in [-0.1, -0.05) is 47.8 Å². The fraction of sp³-hybridized carbons (Fsp3) is 0.522. The lowest BCUT2D eigenvalue weighted by molar-refractivity contribution is -0.155. The lowest BCUT2D eigenvalue weighted by Crippen LogP contribution is -2.48. The van der Waals surface area contributed by atoms with Gasteiger partial charge in [-0.15, -0.1) is 0 Å². The van der Waals surface area contributed by atoms with Gasteiger partial charge in [0.05, 0.1) is 5.41 Å². The first-order valence-corrected chi connectivity index (χ1v) is 10.5. The zero-order valence-electron chi connectivity index (χ0n) is 16.9. The molecule has 2 fully saturated rings. The van der Waals surface area contributed by atoms with Crippen LogP contribution in [-0.4, -0.2) is 40.1 Å². The van der Waals surface area contributed by atoms with Crippen LogP contribution in [0.2, 0.25) is 0 Å². The van der Waals surface area contributed by atoms with Crippen LogP contribution >= 0.6 is 0 Å². The molecule has 1 saturated heterocycles. The third-order valence-electron chi connectivity index (χ3n) is 6.61. The number of carboxylic acids is 1. The van der Waals surface area contributed by atoms with E-state index < -0.39 is 11.4 Å². The number of nitrogens with zero attached hydrogens (tertiary/aromatic N) is 2. The molecule has 1 aromatic carbocycles. The Bertz CT molecular complexity index is 873. The van der Waals surface area contributed by atoms with Crippen molar-refractivity contribution in [1.82, 2.24) is 10.1 Å². The summed E-state index contributed by atoms with van der Waals surface area (Å²) in [5, 5.41) is 14.1. The quantitative estimate of drug-likeness (QED) is 0.823. The van der Waals surface area contributed by atoms with Crippen LogP contribution in [0.4, 0.5) is 0 Å². The van der Waals surface area contributed by atoms with Crippen LogP contribution < -0.4 is 0 Å². The smallest absolute Gasteiger partial charge is 0.310 e. The van der Waals surface area contributed by atoms with Crippen LogP contribution in [0.5, 0.6) is 0 Å². The molecule has 0 radical (unpaired) electrons. The molecule has 1 saturated carbocycles. The van der Waals surface area contributed by atoms with Crippen molar-refractivity contribution in [3.8, 4) is 11.3 Å². The summed E-state index contributed by atoms with van der Waals surface area (Å²) in [5.41, 5.74) is 1.93. The highest BCUT2D eigenvalue weighted by Crippen LogP contribution is 2.38. The van der Waals surface area contributed by atoms with E-state index in [1.165, 1.54) is 5.56 Å². The Hall–Kier alpha value is -2.63. The summed E-state index contributed by atoms with van der Waals surface area (Å²) < 4.78 is 5.49. The van der Waals surface area contributed by atoms with Gasteiger partial charge in [0.1, 0.15) is 11.5 Å². The second-order valence-electron chi connectivity index (χ2n) is 8.61. The molecule has 1 aliphatic carbocycles. The van der Waals surface area contributed by atoms with Gasteiger partial charge in [-0.2, -0.15) is 0 Å². The van der Waals surface area contributed by atoms with E-state index in [4.69, 9.17) is 4.52 Å². The summed E-state index contributed by atoms with van der Waals surface area (Å²) in [4.78, 5) is 26.7. The zero-order chi connectivity index (χ0) is 20.4. The lowest BCUT2D eigenvalue weighted by atomic mass is 9.74. The predicted molar refractivity (Wildman–Crippen MR) is 108 cm³/mol. The topological polar surface area (TPSA) is 83.6 Å². The average Bonchev–Trinajstić information content (AvgIpc) is 3.41. The SMILES string of the molecule is Cc1ccc(-c2cc(CC3(C(=O)O)CCN(C(=O)C4CCCC4)CC3)on2)cc1. The molecule has 0 atom stereocenters. The molecule has 29 heavy (non-hydrogen) atoms. The molecule has 2 aliphatic rings. The molecule has 4 rings (SSSR count). The van der Waals surface area contributed by atoms with Gasteiger partial charge in [0, 0.05) is 37.1 Å². The molecular formula is C23H28N2O4. The Kier molecular flexibility index (Phi) is 5.43. The van der Waals surface area contributed by atoms with Crippen LogP contribution in [0, 0.1) is 18.3 Å². The molecule has 6 nitrogen and oxygen atoms in total. The van der Waals surface area contributed by atoms with E-state index in [-0.39, 0.29) is 11.8 Å². The van der Waals surface area contributed by atoms with Crippen molar-refractivity contribution in [3.63, 3.8) is 0 Å². The van der Waals surface area contributed by atoms with Gasteiger partial charge in [0.25, 0.3) is 0 Å². The lowest BCUT2D eigenvalue weighted by Gasteiger charge is -2.39. The van der Waals surface area contributed by atoms with E-state index in [0.717, 1.165) is 36.9 Å². The van der Waals surface area contributed by atoms with Crippen molar-refractivity contribution < 1.29 is 19.2 Å². The van der Waals surface area contributed by atoms with Crippen LogP contribution in [0.3, 0.4) is 0 Å². The van der Waals surface area contributed by atoms with Crippen molar-refractivity contribution in [1.29, 1.82) is 0 Å². The molecular weight excluding hydrogens is 368 g/mol. The monoisotopic (exact) mass is 396 g/mol. The third kappa shape index (κ3) is 4.07. The molecule has 2 aromatic rings. The molecule has 6 heteroatoms. The number of hydrogen-bond donors (Lipinski definition) is 1. The van der Waals surface area contributed by atoms with E-state index >= 15 is 0 Å². The molecule has 0 bridgehead atoms. The molecule has 1 N–H and O–H groups in total. The number of benzene rings is 1. The van der Waals surface area contributed by atoms with E-state index in [1.54, 1.807) is 0 Å². The first-order chi connectivity index (χ1) is 14.0. The van der Waals surface area contributed by atoms with Crippen LogP contribution in [0.25, 0.3) is 11.3 Å². The van der Waals surface area contributed by atoms with Gasteiger partial charge < -0.3 is 14.5 Å². The summed E-state index contributed by atoms with van der Waals surface area (Å²) in [5.74, 6) is 0.110. The maximum atomic E-state index is 12.7. The molecule has 0 spiro atoms. The first kappa shape index (κ1) is 19.7. The Morgan fingerprint density at radius 2 is 1.83 bits per heavy atom. The fourth-order valence-corrected chi connectivity index (χ4v) is 4.64. The second-order valence-corrected chi connectivity index (χ2v) is 8.61. The van der Waals surface area contributed by atoms with Crippen molar-refractivity contribution in [2.45, 2.75) is 51.9 Å². The van der Waals surface area contributed by atoms with Crippen LogP contribution in [0.15, 0.2) is 34.9 Å². The Morgan fingerprint density at radius 1 is 1.17 bits per heavy atom. The number of carbonyl (C=O) groups excluding carboxylic acids is 1. The molecule has 0 unspecified atom stereocenters. The van der Waals surface area contributed by atoms with E-state index in [2.05, 4.69) is 5.16 Å². The Labute approximate surface area is 170 Å². The normalized spacial score (nSPS) is 19.4. The summed E-state index contributed by atoms with van der Waals surface area (Å²) in [6, 6.07) is 9.83. The number of aliphatic carboxylic acids is 1. The number of hydrogen-bond acceptors (Lipinski definition) is 4. The third-order valence-corrected chi connectivity index (χ3v) is 6.61. The summed E-state index contributed by atoms with van der Waals surface area (Å²) in [6.45, 7) is 3.03. The number of aryl methyl sites for hydroxylation is 1. The van der Waals surface area contributed by atoms with E-state index in [9.17, 15) is 14.7 Å².